The van der Waals surface area contributed by atoms with Crippen LogP contribution in [0, 0.1) is 34.5 Å². The second-order valence-electron chi connectivity index (χ2n) is 13.1. The minimum atomic E-state index is -4.77. The van der Waals surface area contributed by atoms with Crippen molar-refractivity contribution >= 4 is 23.2 Å². The summed E-state index contributed by atoms with van der Waals surface area (Å²) in [5.41, 5.74) is 3.21. The molecule has 234 valence electrons. The predicted molar refractivity (Wildman–Crippen MR) is 158 cm³/mol. The van der Waals surface area contributed by atoms with E-state index in [0.717, 1.165) is 42.8 Å². The number of ether oxygens (including phenoxy) is 2. The zero-order valence-electron chi connectivity index (χ0n) is 25.2. The van der Waals surface area contributed by atoms with E-state index in [9.17, 15) is 27.6 Å². The molecule has 2 saturated carbocycles. The number of benzene rings is 1. The second-order valence-corrected chi connectivity index (χ2v) is 13.1. The third-order valence-corrected chi connectivity index (χ3v) is 10.9. The summed E-state index contributed by atoms with van der Waals surface area (Å²) in [5.74, 6) is 2.67. The molecule has 0 amide bonds. The van der Waals surface area contributed by atoms with E-state index in [2.05, 4.69) is 35.1 Å². The number of hydrogen-bond donors (Lipinski definition) is 0. The fraction of sp³-hybridized carbons (Fsp3) is 0.571. The number of esters is 1. The van der Waals surface area contributed by atoms with Gasteiger partial charge in [-0.05, 0) is 90.7 Å². The van der Waals surface area contributed by atoms with Crippen molar-refractivity contribution in [2.45, 2.75) is 70.9 Å². The maximum absolute atomic E-state index is 13.9. The number of carbonyl (C=O) groups excluding carboxylic acids is 3. The number of halogens is 3. The van der Waals surface area contributed by atoms with Gasteiger partial charge in [-0.25, -0.2) is 0 Å². The Kier molecular flexibility index (Phi) is 8.02. The minimum Gasteiger partial charge on any atom is -0.458 e. The molecule has 0 bridgehead atoms. The van der Waals surface area contributed by atoms with Crippen LogP contribution >= 0.6 is 0 Å². The molecule has 44 heavy (non-hydrogen) atoms. The topological polar surface area (TPSA) is 72.9 Å². The quantitative estimate of drug-likeness (QED) is 0.297. The highest BCUT2D eigenvalue weighted by atomic mass is 19.4. The molecule has 0 spiro atoms. The molecule has 1 heterocycles. The van der Waals surface area contributed by atoms with Gasteiger partial charge < -0.3 is 14.4 Å². The Morgan fingerprint density at radius 2 is 1.82 bits per heavy atom. The molecule has 6 rings (SSSR count). The van der Waals surface area contributed by atoms with Crippen molar-refractivity contribution in [1.82, 2.24) is 0 Å². The highest BCUT2D eigenvalue weighted by Crippen LogP contribution is 2.69. The summed E-state index contributed by atoms with van der Waals surface area (Å²) in [6.45, 7) is 5.44. The standard InChI is InChI=1S/C35H38F3NO5/c1-22(40)44-21-31(42)34(13-14-35(36,37)38)12-11-30-28-9-5-24-19-26(41)8-10-27(24)32(28)29(20-33(30,34)2)23-3-6-25(7-4-23)39-15-17-43-18-16-39/h3-4,6-7,19,28-30H,5,8-12,15-18,20-21H2,1-2H3/t28-,29+,30-,33-,34-/m0/s1. The van der Waals surface area contributed by atoms with Gasteiger partial charge >= 0.3 is 12.1 Å². The Bertz CT molecular complexity index is 1480. The lowest BCUT2D eigenvalue weighted by molar-refractivity contribution is -0.150. The van der Waals surface area contributed by atoms with Crippen molar-refractivity contribution in [3.63, 3.8) is 0 Å². The van der Waals surface area contributed by atoms with Crippen LogP contribution in [0.4, 0.5) is 18.9 Å². The Hall–Kier alpha value is -3.38. The predicted octanol–water partition coefficient (Wildman–Crippen LogP) is 6.11. The third kappa shape index (κ3) is 5.40. The summed E-state index contributed by atoms with van der Waals surface area (Å²) < 4.78 is 51.4. The van der Waals surface area contributed by atoms with Crippen LogP contribution in [0.2, 0.25) is 0 Å². The van der Waals surface area contributed by atoms with Crippen molar-refractivity contribution in [2.75, 3.05) is 37.8 Å². The molecule has 0 N–H and O–H groups in total. The van der Waals surface area contributed by atoms with Crippen LogP contribution in [-0.4, -0.2) is 56.6 Å². The number of ketones is 2. The maximum atomic E-state index is 13.9. The average molecular weight is 610 g/mol. The molecule has 0 unspecified atom stereocenters. The van der Waals surface area contributed by atoms with E-state index >= 15 is 0 Å². The van der Waals surface area contributed by atoms with Gasteiger partial charge in [0.25, 0.3) is 0 Å². The molecule has 1 saturated heterocycles. The summed E-state index contributed by atoms with van der Waals surface area (Å²) in [6.07, 6.45) is 0.785. The van der Waals surface area contributed by atoms with Gasteiger partial charge in [0, 0.05) is 44.0 Å². The first kappa shape index (κ1) is 30.6. The van der Waals surface area contributed by atoms with E-state index in [0.29, 0.717) is 38.9 Å². The number of alkyl halides is 3. The van der Waals surface area contributed by atoms with Gasteiger partial charge in [0.05, 0.1) is 18.6 Å². The Morgan fingerprint density at radius 1 is 1.09 bits per heavy atom. The van der Waals surface area contributed by atoms with Gasteiger partial charge in [-0.15, -0.1) is 0 Å². The maximum Gasteiger partial charge on any atom is 0.457 e. The molecule has 1 aromatic carbocycles. The largest absolute Gasteiger partial charge is 0.458 e. The van der Waals surface area contributed by atoms with Crippen LogP contribution in [0.5, 0.6) is 0 Å². The second kappa shape index (κ2) is 11.5. The molecule has 1 aromatic rings. The first-order valence-corrected chi connectivity index (χ1v) is 15.6. The molecule has 0 aromatic heterocycles. The summed E-state index contributed by atoms with van der Waals surface area (Å²) in [5, 5.41) is 0. The molecule has 5 atom stereocenters. The molecule has 1 aliphatic heterocycles. The highest BCUT2D eigenvalue weighted by molar-refractivity contribution is 5.93. The molecule has 5 aliphatic rings. The smallest absolute Gasteiger partial charge is 0.457 e. The summed E-state index contributed by atoms with van der Waals surface area (Å²) >= 11 is 0. The minimum absolute atomic E-state index is 0.0501. The first-order valence-electron chi connectivity index (χ1n) is 15.6. The van der Waals surface area contributed by atoms with Crippen molar-refractivity contribution in [1.29, 1.82) is 0 Å². The van der Waals surface area contributed by atoms with Crippen LogP contribution in [0.15, 0.2) is 47.1 Å². The number of allylic oxidation sites excluding steroid dienone is 4. The van der Waals surface area contributed by atoms with Crippen molar-refractivity contribution in [2.24, 2.45) is 22.7 Å². The van der Waals surface area contributed by atoms with Gasteiger partial charge in [-0.3, -0.25) is 14.4 Å². The molecular weight excluding hydrogens is 571 g/mol. The number of Topliss-reactive ketones (excluding diaryl/α,β-unsaturated/α-hetero) is 1. The van der Waals surface area contributed by atoms with E-state index in [4.69, 9.17) is 9.47 Å². The van der Waals surface area contributed by atoms with E-state index in [-0.39, 0.29) is 30.0 Å². The number of morpholine rings is 1. The number of rotatable bonds is 5. The van der Waals surface area contributed by atoms with Crippen LogP contribution in [-0.2, 0) is 23.9 Å². The van der Waals surface area contributed by atoms with Crippen LogP contribution < -0.4 is 4.90 Å². The first-order chi connectivity index (χ1) is 20.9. The van der Waals surface area contributed by atoms with E-state index < -0.39 is 35.4 Å². The molecular formula is C35H38F3NO5. The molecule has 9 heteroatoms. The average Bonchev–Trinajstić information content (AvgIpc) is 3.31. The normalized spacial score (nSPS) is 31.7. The summed E-state index contributed by atoms with van der Waals surface area (Å²) in [6, 6.07) is 8.40. The summed E-state index contributed by atoms with van der Waals surface area (Å²) in [4.78, 5) is 40.2. The van der Waals surface area contributed by atoms with Crippen molar-refractivity contribution < 1.29 is 37.0 Å². The zero-order chi connectivity index (χ0) is 31.3. The number of fused-ring (bicyclic) bond motifs is 4. The fourth-order valence-electron chi connectivity index (χ4n) is 8.93. The van der Waals surface area contributed by atoms with Crippen LogP contribution in [0.25, 0.3) is 0 Å². The number of nitrogens with zero attached hydrogens (tertiary/aromatic N) is 1. The third-order valence-electron chi connectivity index (χ3n) is 10.9. The van der Waals surface area contributed by atoms with Crippen molar-refractivity contribution in [3.05, 3.63) is 52.6 Å². The molecule has 3 fully saturated rings. The van der Waals surface area contributed by atoms with Gasteiger partial charge in [0.2, 0.25) is 0 Å². The number of anilines is 1. The molecule has 0 radical (unpaired) electrons. The lowest BCUT2D eigenvalue weighted by atomic mass is 9.48. The SMILES string of the molecule is CC(=O)OCC(=O)[C@@]1(C#CC(F)(F)F)CC[C@H]2[C@@H]3CCC4=CC(=O)CCC4=C3[C@@H](c3ccc(N4CCOCC4)cc3)C[C@@]21C. The monoisotopic (exact) mass is 609 g/mol. The summed E-state index contributed by atoms with van der Waals surface area (Å²) in [7, 11) is 0. The van der Waals surface area contributed by atoms with Crippen molar-refractivity contribution in [3.8, 4) is 11.8 Å². The van der Waals surface area contributed by atoms with Gasteiger partial charge in [0.1, 0.15) is 0 Å². The molecule has 6 nitrogen and oxygen atoms in total. The van der Waals surface area contributed by atoms with E-state index in [1.54, 1.807) is 6.08 Å². The van der Waals surface area contributed by atoms with E-state index in [1.807, 2.05) is 6.92 Å². The van der Waals surface area contributed by atoms with Gasteiger partial charge in [0.15, 0.2) is 18.2 Å². The van der Waals surface area contributed by atoms with Crippen LogP contribution in [0.3, 0.4) is 0 Å². The lowest BCUT2D eigenvalue weighted by Crippen LogP contribution is -2.51. The number of carbonyl (C=O) groups is 3. The van der Waals surface area contributed by atoms with Gasteiger partial charge in [-0.2, -0.15) is 13.2 Å². The Labute approximate surface area is 256 Å². The number of hydrogen-bond acceptors (Lipinski definition) is 6. The van der Waals surface area contributed by atoms with Gasteiger partial charge in [-0.1, -0.05) is 30.6 Å². The Balaban J connectivity index is 1.47. The highest BCUT2D eigenvalue weighted by Gasteiger charge is 2.65. The lowest BCUT2D eigenvalue weighted by Gasteiger charge is -2.54. The molecule has 4 aliphatic carbocycles. The van der Waals surface area contributed by atoms with Crippen LogP contribution in [0.1, 0.15) is 70.3 Å². The fourth-order valence-corrected chi connectivity index (χ4v) is 8.93. The Morgan fingerprint density at radius 3 is 2.50 bits per heavy atom. The van der Waals surface area contributed by atoms with E-state index in [1.165, 1.54) is 24.0 Å². The zero-order valence-corrected chi connectivity index (χ0v) is 25.2.